The number of aromatic amines is 1. The lowest BCUT2D eigenvalue weighted by Crippen LogP contribution is -2.51. The number of anilines is 1. The maximum Gasteiger partial charge on any atom is 0.227 e. The van der Waals surface area contributed by atoms with E-state index in [9.17, 15) is 17.2 Å². The molecule has 0 aliphatic carbocycles. The molecule has 0 saturated carbocycles. The summed E-state index contributed by atoms with van der Waals surface area (Å²) in [5.41, 5.74) is 2.72. The van der Waals surface area contributed by atoms with Crippen LogP contribution in [0.15, 0.2) is 48.9 Å². The number of rotatable bonds is 7. The molecular weight excluding hydrogens is 526 g/mol. The van der Waals surface area contributed by atoms with Crippen LogP contribution in [0.5, 0.6) is 5.75 Å². The number of ether oxygens (including phenoxy) is 1. The smallest absolute Gasteiger partial charge is 0.227 e. The average Bonchev–Trinajstić information content (AvgIpc) is 3.42. The third kappa shape index (κ3) is 5.41. The number of sulfonamides is 1. The quantitative estimate of drug-likeness (QED) is 0.372. The molecule has 5 heterocycles. The fourth-order valence-corrected chi connectivity index (χ4v) is 7.27. The van der Waals surface area contributed by atoms with E-state index in [2.05, 4.69) is 19.9 Å². The van der Waals surface area contributed by atoms with Gasteiger partial charge in [0.1, 0.15) is 17.3 Å². The van der Waals surface area contributed by atoms with E-state index >= 15 is 0 Å². The summed E-state index contributed by atoms with van der Waals surface area (Å²) in [5.74, 6) is -1.55. The van der Waals surface area contributed by atoms with Crippen LogP contribution in [0.3, 0.4) is 0 Å². The van der Waals surface area contributed by atoms with Crippen molar-refractivity contribution < 1.29 is 21.9 Å². The largest absolute Gasteiger partial charge is 0.490 e. The van der Waals surface area contributed by atoms with Crippen molar-refractivity contribution in [1.82, 2.24) is 24.2 Å². The first-order chi connectivity index (χ1) is 18.9. The molecule has 1 aromatic carbocycles. The minimum absolute atomic E-state index is 0.0234. The molecule has 206 valence electrons. The highest BCUT2D eigenvalue weighted by molar-refractivity contribution is 7.89. The first kappa shape index (κ1) is 25.9. The Morgan fingerprint density at radius 2 is 1.90 bits per heavy atom. The normalized spacial score (nSPS) is 19.6. The molecule has 0 radical (unpaired) electrons. The Morgan fingerprint density at radius 1 is 1.05 bits per heavy atom. The Balaban J connectivity index is 1.07. The van der Waals surface area contributed by atoms with Crippen molar-refractivity contribution in [2.75, 3.05) is 56.7 Å². The lowest BCUT2D eigenvalue weighted by Gasteiger charge is -2.38. The molecule has 0 spiro atoms. The average molecular weight is 557 g/mol. The van der Waals surface area contributed by atoms with Gasteiger partial charge in [-0.2, -0.15) is 0 Å². The van der Waals surface area contributed by atoms with Gasteiger partial charge in [0.15, 0.2) is 11.6 Å². The van der Waals surface area contributed by atoms with E-state index in [1.54, 1.807) is 12.4 Å². The first-order valence-electron chi connectivity index (χ1n) is 13.1. The number of benzene rings is 1. The van der Waals surface area contributed by atoms with E-state index in [1.165, 1.54) is 10.4 Å². The molecule has 6 rings (SSSR count). The predicted molar refractivity (Wildman–Crippen MR) is 145 cm³/mol. The van der Waals surface area contributed by atoms with Crippen LogP contribution in [0.4, 0.5) is 14.5 Å². The van der Waals surface area contributed by atoms with Crippen molar-refractivity contribution in [3.05, 3.63) is 60.6 Å². The number of aromatic nitrogens is 3. The van der Waals surface area contributed by atoms with Gasteiger partial charge < -0.3 is 14.6 Å². The fraction of sp³-hybridized carbons (Fsp3) is 0.407. The lowest BCUT2D eigenvalue weighted by molar-refractivity contribution is 0.173. The number of piperazine rings is 1. The Morgan fingerprint density at radius 3 is 2.72 bits per heavy atom. The molecule has 2 saturated heterocycles. The summed E-state index contributed by atoms with van der Waals surface area (Å²) in [4.78, 5) is 16.3. The van der Waals surface area contributed by atoms with E-state index in [1.807, 2.05) is 23.2 Å². The van der Waals surface area contributed by atoms with Gasteiger partial charge in [-0.15, -0.1) is 0 Å². The monoisotopic (exact) mass is 556 g/mol. The molecule has 2 fully saturated rings. The van der Waals surface area contributed by atoms with Crippen molar-refractivity contribution in [3.8, 4) is 5.75 Å². The molecule has 12 heteroatoms. The van der Waals surface area contributed by atoms with E-state index in [0.29, 0.717) is 45.7 Å². The molecule has 3 aromatic heterocycles. The van der Waals surface area contributed by atoms with Crippen LogP contribution < -0.4 is 9.64 Å². The number of nitrogens with one attached hydrogen (secondary N) is 1. The molecule has 0 amide bonds. The number of hydrogen-bond acceptors (Lipinski definition) is 7. The number of halogens is 2. The summed E-state index contributed by atoms with van der Waals surface area (Å²) in [6.07, 6.45) is 6.93. The zero-order valence-electron chi connectivity index (χ0n) is 21.4. The van der Waals surface area contributed by atoms with Gasteiger partial charge in [-0.05, 0) is 37.1 Å². The summed E-state index contributed by atoms with van der Waals surface area (Å²) in [6, 6.07) is 7.20. The maximum absolute atomic E-state index is 13.9. The van der Waals surface area contributed by atoms with Crippen molar-refractivity contribution in [2.45, 2.75) is 12.8 Å². The van der Waals surface area contributed by atoms with Crippen LogP contribution in [0.25, 0.3) is 21.9 Å². The summed E-state index contributed by atoms with van der Waals surface area (Å²) in [7, 11) is -3.51. The number of H-pyrrole nitrogens is 1. The second-order valence-corrected chi connectivity index (χ2v) is 12.1. The van der Waals surface area contributed by atoms with Gasteiger partial charge in [0.05, 0.1) is 18.3 Å². The number of piperidine rings is 1. The third-order valence-electron chi connectivity index (χ3n) is 7.57. The number of fused-ring (bicyclic) bond motifs is 3. The van der Waals surface area contributed by atoms with Gasteiger partial charge >= 0.3 is 0 Å². The van der Waals surface area contributed by atoms with Gasteiger partial charge in [-0.25, -0.2) is 26.5 Å². The molecule has 2 aliphatic heterocycles. The van der Waals surface area contributed by atoms with Crippen molar-refractivity contribution in [1.29, 1.82) is 0 Å². The van der Waals surface area contributed by atoms with Crippen molar-refractivity contribution >= 4 is 37.6 Å². The fourth-order valence-electron chi connectivity index (χ4n) is 5.55. The summed E-state index contributed by atoms with van der Waals surface area (Å²) >= 11 is 0. The van der Waals surface area contributed by atoms with E-state index < -0.39 is 21.7 Å². The summed E-state index contributed by atoms with van der Waals surface area (Å²) < 4.78 is 60.8. The Bertz CT molecular complexity index is 1590. The van der Waals surface area contributed by atoms with Gasteiger partial charge in [0.2, 0.25) is 10.0 Å². The second kappa shape index (κ2) is 10.7. The Labute approximate surface area is 225 Å². The molecule has 1 atom stereocenters. The number of nitrogens with zero attached hydrogens (tertiary/aromatic N) is 5. The molecule has 0 bridgehead atoms. The van der Waals surface area contributed by atoms with Crippen LogP contribution >= 0.6 is 0 Å². The zero-order chi connectivity index (χ0) is 27.0. The second-order valence-electron chi connectivity index (χ2n) is 10.2. The van der Waals surface area contributed by atoms with Crippen LogP contribution in [0.1, 0.15) is 12.8 Å². The molecule has 1 unspecified atom stereocenters. The predicted octanol–water partition coefficient (Wildman–Crippen LogP) is 3.59. The minimum Gasteiger partial charge on any atom is -0.490 e. The third-order valence-corrected chi connectivity index (χ3v) is 9.38. The van der Waals surface area contributed by atoms with E-state index in [-0.39, 0.29) is 24.2 Å². The minimum atomic E-state index is -3.51. The SMILES string of the molecule is O=S(=O)(CN1CCN(c2ccnc3cnc4[nH]ccc4c23)CC1)N1CCCC(COc2ccc(F)cc2F)C1. The highest BCUT2D eigenvalue weighted by Crippen LogP contribution is 2.32. The van der Waals surface area contributed by atoms with Crippen molar-refractivity contribution in [2.24, 2.45) is 5.92 Å². The number of pyridine rings is 2. The maximum atomic E-state index is 13.9. The van der Waals surface area contributed by atoms with Gasteiger partial charge in [-0.3, -0.25) is 9.88 Å². The van der Waals surface area contributed by atoms with Gasteiger partial charge in [0.25, 0.3) is 0 Å². The van der Waals surface area contributed by atoms with E-state index in [0.717, 1.165) is 46.2 Å². The van der Waals surface area contributed by atoms with E-state index in [4.69, 9.17) is 4.74 Å². The van der Waals surface area contributed by atoms with Crippen LogP contribution in [-0.2, 0) is 10.0 Å². The van der Waals surface area contributed by atoms with Crippen LogP contribution in [-0.4, -0.2) is 84.3 Å². The highest BCUT2D eigenvalue weighted by atomic mass is 32.2. The summed E-state index contributed by atoms with van der Waals surface area (Å²) in [5, 5.41) is 2.07. The topological polar surface area (TPSA) is 94.7 Å². The Kier molecular flexibility index (Phi) is 7.08. The zero-order valence-corrected chi connectivity index (χ0v) is 22.2. The Hall–Kier alpha value is -3.35. The molecule has 39 heavy (non-hydrogen) atoms. The van der Waals surface area contributed by atoms with Crippen LogP contribution in [0.2, 0.25) is 0 Å². The number of hydrogen-bond donors (Lipinski definition) is 1. The van der Waals surface area contributed by atoms with Crippen LogP contribution in [0, 0.1) is 17.6 Å². The van der Waals surface area contributed by atoms with Crippen molar-refractivity contribution in [3.63, 3.8) is 0 Å². The summed E-state index contributed by atoms with van der Waals surface area (Å²) in [6.45, 7) is 3.60. The molecule has 2 aliphatic rings. The molecule has 1 N–H and O–H groups in total. The van der Waals surface area contributed by atoms with Gasteiger partial charge in [0, 0.05) is 80.1 Å². The molecule has 4 aromatic rings. The molecule has 9 nitrogen and oxygen atoms in total. The highest BCUT2D eigenvalue weighted by Gasteiger charge is 2.32. The lowest BCUT2D eigenvalue weighted by atomic mass is 10.0. The standard InChI is InChI=1S/C27H30F2N6O3S/c28-20-3-4-25(22(29)14-20)38-17-19-2-1-9-35(16-19)39(36,37)18-33-10-12-34(13-11-33)24-6-8-30-23-15-32-27-21(26(23)24)5-7-31-27/h3-8,14-15,19H,1-2,9-13,16-18H2,(H,31,32). The molecular formula is C27H30F2N6O3S. The van der Waals surface area contributed by atoms with Gasteiger partial charge in [-0.1, -0.05) is 0 Å². The first-order valence-corrected chi connectivity index (χ1v) is 14.7.